The highest BCUT2D eigenvalue weighted by atomic mass is 16.5. The molecule has 6 aromatic rings. The molecule has 2 unspecified atom stereocenters. The zero-order chi connectivity index (χ0) is 41.4. The SMILES string of the molecule is CCOC(=O)C1(C)/C(=C/C2=C([O-])C(/C=C3\Nc4c(cc5c6c(cccc46)-c4ccccc4-5)C3(C)C(=O)OCC)=C([O-])C2=O)Nc2c1cc1c3c(cccc23)-c2ccccc2-1. The van der Waals surface area contributed by atoms with Gasteiger partial charge in [-0.2, -0.15) is 0 Å². The number of rotatable bonds is 6. The van der Waals surface area contributed by atoms with Crippen LogP contribution in [-0.4, -0.2) is 30.9 Å². The molecular weight excluding hydrogens is 753 g/mol. The first-order valence-electron chi connectivity index (χ1n) is 20.1. The van der Waals surface area contributed by atoms with Crippen LogP contribution in [0.5, 0.6) is 0 Å². The Morgan fingerprint density at radius 3 is 1.40 bits per heavy atom. The fourth-order valence-electron chi connectivity index (χ4n) is 10.1. The van der Waals surface area contributed by atoms with Gasteiger partial charge in [0.15, 0.2) is 5.78 Å². The summed E-state index contributed by atoms with van der Waals surface area (Å²) < 4.78 is 11.3. The maximum atomic E-state index is 14.5. The fraction of sp³-hybridized carbons (Fsp3) is 0.157. The van der Waals surface area contributed by atoms with E-state index in [-0.39, 0.29) is 24.6 Å². The number of esters is 2. The Hall–Kier alpha value is -7.39. The second-order valence-corrected chi connectivity index (χ2v) is 16.1. The number of allylic oxidation sites excluding steroid dienone is 3. The molecular formula is C51H36N2O7-2. The van der Waals surface area contributed by atoms with Crippen LogP contribution in [0.3, 0.4) is 0 Å². The van der Waals surface area contributed by atoms with Crippen LogP contribution in [0.1, 0.15) is 38.8 Å². The molecule has 9 nitrogen and oxygen atoms in total. The summed E-state index contributed by atoms with van der Waals surface area (Å²) in [5, 5.41) is 39.0. The number of benzene rings is 6. The van der Waals surface area contributed by atoms with Gasteiger partial charge in [-0.1, -0.05) is 96.4 Å². The van der Waals surface area contributed by atoms with Gasteiger partial charge in [-0.3, -0.25) is 14.4 Å². The maximum absolute atomic E-state index is 14.5. The van der Waals surface area contributed by atoms with Crippen molar-refractivity contribution in [2.75, 3.05) is 23.8 Å². The van der Waals surface area contributed by atoms with Crippen LogP contribution in [0.25, 0.3) is 66.1 Å². The van der Waals surface area contributed by atoms with Crippen LogP contribution in [0, 0.1) is 0 Å². The molecule has 0 saturated carbocycles. The molecule has 0 spiro atoms. The lowest BCUT2D eigenvalue weighted by Gasteiger charge is -2.26. The predicted octanol–water partition coefficient (Wildman–Crippen LogP) is 8.06. The number of Topliss-reactive ketones (excluding diaryl/α,β-unsaturated/α-hetero) is 1. The van der Waals surface area contributed by atoms with Gasteiger partial charge in [0.2, 0.25) is 0 Å². The Morgan fingerprint density at radius 1 is 0.567 bits per heavy atom. The van der Waals surface area contributed by atoms with Gasteiger partial charge in [-0.25, -0.2) is 0 Å². The Labute approximate surface area is 345 Å². The highest BCUT2D eigenvalue weighted by Crippen LogP contribution is 2.57. The molecule has 0 amide bonds. The molecule has 3 aliphatic carbocycles. The Bertz CT molecular complexity index is 3190. The van der Waals surface area contributed by atoms with Crippen LogP contribution in [0.2, 0.25) is 0 Å². The lowest BCUT2D eigenvalue weighted by atomic mass is 9.79. The minimum atomic E-state index is -1.47. The molecule has 2 heterocycles. The van der Waals surface area contributed by atoms with Gasteiger partial charge in [-0.05, 0) is 124 Å². The number of anilines is 2. The van der Waals surface area contributed by atoms with Crippen LogP contribution >= 0.6 is 0 Å². The molecule has 294 valence electrons. The van der Waals surface area contributed by atoms with Crippen molar-refractivity contribution in [2.24, 2.45) is 0 Å². The van der Waals surface area contributed by atoms with E-state index in [0.29, 0.717) is 22.5 Å². The van der Waals surface area contributed by atoms with E-state index in [1.165, 1.54) is 12.2 Å². The van der Waals surface area contributed by atoms with Crippen molar-refractivity contribution in [3.05, 3.63) is 154 Å². The van der Waals surface area contributed by atoms with E-state index in [9.17, 15) is 24.6 Å². The van der Waals surface area contributed by atoms with E-state index in [0.717, 1.165) is 66.1 Å². The summed E-state index contributed by atoms with van der Waals surface area (Å²) in [5.74, 6) is -3.98. The lowest BCUT2D eigenvalue weighted by Crippen LogP contribution is -2.35. The average Bonchev–Trinajstić information content (AvgIpc) is 4.00. The summed E-state index contributed by atoms with van der Waals surface area (Å²) in [6.07, 6.45) is 2.65. The summed E-state index contributed by atoms with van der Waals surface area (Å²) in [6.45, 7) is 7.05. The van der Waals surface area contributed by atoms with Crippen molar-refractivity contribution in [1.29, 1.82) is 0 Å². The number of nitrogens with one attached hydrogen (secondary N) is 2. The molecule has 0 aromatic heterocycles. The van der Waals surface area contributed by atoms with E-state index in [2.05, 4.69) is 47.0 Å². The van der Waals surface area contributed by atoms with Crippen LogP contribution < -0.4 is 20.8 Å². The average molecular weight is 789 g/mol. The summed E-state index contributed by atoms with van der Waals surface area (Å²) >= 11 is 0. The fourth-order valence-corrected chi connectivity index (χ4v) is 10.1. The molecule has 0 radical (unpaired) electrons. The zero-order valence-corrected chi connectivity index (χ0v) is 33.2. The Balaban J connectivity index is 1.05. The van der Waals surface area contributed by atoms with E-state index < -0.39 is 51.2 Å². The predicted molar refractivity (Wildman–Crippen MR) is 227 cm³/mol. The third kappa shape index (κ3) is 4.38. The van der Waals surface area contributed by atoms with Crippen LogP contribution in [0.15, 0.2) is 143 Å². The largest absolute Gasteiger partial charge is 0.872 e. The summed E-state index contributed by atoms with van der Waals surface area (Å²) in [6, 6.07) is 32.2. The van der Waals surface area contributed by atoms with Crippen LogP contribution in [0.4, 0.5) is 11.4 Å². The van der Waals surface area contributed by atoms with Crippen molar-refractivity contribution in [2.45, 2.75) is 38.5 Å². The molecule has 0 bridgehead atoms. The number of carbonyl (C=O) groups is 3. The van der Waals surface area contributed by atoms with Gasteiger partial charge in [0.25, 0.3) is 0 Å². The third-order valence-electron chi connectivity index (χ3n) is 13.1. The minimum Gasteiger partial charge on any atom is -0.872 e. The normalized spacial score (nSPS) is 21.4. The molecule has 2 atom stereocenters. The monoisotopic (exact) mass is 788 g/mol. The van der Waals surface area contributed by atoms with Gasteiger partial charge in [0, 0.05) is 27.7 Å². The highest BCUT2D eigenvalue weighted by Gasteiger charge is 2.50. The van der Waals surface area contributed by atoms with Gasteiger partial charge < -0.3 is 30.3 Å². The smallest absolute Gasteiger partial charge is 0.322 e. The molecule has 9 heteroatoms. The summed E-state index contributed by atoms with van der Waals surface area (Å²) in [7, 11) is 0. The van der Waals surface area contributed by atoms with Gasteiger partial charge in [-0.15, -0.1) is 0 Å². The molecule has 60 heavy (non-hydrogen) atoms. The first-order chi connectivity index (χ1) is 29.0. The number of carbonyl (C=O) groups excluding carboxylic acids is 3. The molecule has 2 N–H and O–H groups in total. The number of ketones is 1. The van der Waals surface area contributed by atoms with E-state index >= 15 is 0 Å². The van der Waals surface area contributed by atoms with Crippen molar-refractivity contribution >= 4 is 50.6 Å². The van der Waals surface area contributed by atoms with E-state index in [1.54, 1.807) is 27.7 Å². The van der Waals surface area contributed by atoms with Crippen molar-refractivity contribution in [1.82, 2.24) is 0 Å². The number of hydrogen-bond acceptors (Lipinski definition) is 9. The number of hydrogen-bond donors (Lipinski definition) is 2. The molecule has 5 aliphatic rings. The Morgan fingerprint density at radius 2 is 0.967 bits per heavy atom. The number of ether oxygens (including phenoxy) is 2. The van der Waals surface area contributed by atoms with Crippen molar-refractivity contribution < 1.29 is 34.1 Å². The molecule has 11 rings (SSSR count). The standard InChI is InChI=1S/C51H38N2O7/c1-5-59-48(57)50(3)37-21-33-27-15-9-7-13-25(27)29-17-11-19-31(41(29)33)43(37)52-39(50)23-35-45(54)36(47(56)46(35)55)24-40-51(4,49(58)60-6-2)38-22-34-28-16-10-8-14-26(28)30-18-12-20-32(42(30)34)44(38)53-40/h7-24,52-54H,5-6H2,1-4H3,(H,55,56)/p-2/b39-23-,40-24-. The zero-order valence-electron chi connectivity index (χ0n) is 33.2. The second-order valence-electron chi connectivity index (χ2n) is 16.1. The molecule has 0 fully saturated rings. The van der Waals surface area contributed by atoms with Crippen LogP contribution in [-0.2, 0) is 34.7 Å². The maximum Gasteiger partial charge on any atom is 0.322 e. The summed E-state index contributed by atoms with van der Waals surface area (Å²) in [4.78, 5) is 42.2. The number of fused-ring (bicyclic) bond motifs is 10. The van der Waals surface area contributed by atoms with E-state index in [4.69, 9.17) is 9.47 Å². The van der Waals surface area contributed by atoms with E-state index in [1.807, 2.05) is 60.7 Å². The third-order valence-corrected chi connectivity index (χ3v) is 13.1. The first kappa shape index (κ1) is 35.7. The quantitative estimate of drug-likeness (QED) is 0.160. The molecule has 0 saturated heterocycles. The molecule has 6 aromatic carbocycles. The van der Waals surface area contributed by atoms with Gasteiger partial charge in [0.05, 0.1) is 24.6 Å². The minimum absolute atomic E-state index is 0.0993. The lowest BCUT2D eigenvalue weighted by molar-refractivity contribution is -0.308. The first-order valence-corrected chi connectivity index (χ1v) is 20.1. The van der Waals surface area contributed by atoms with Gasteiger partial charge >= 0.3 is 11.9 Å². The topological polar surface area (TPSA) is 140 Å². The summed E-state index contributed by atoms with van der Waals surface area (Å²) in [5.41, 5.74) is 7.63. The Kier molecular flexibility index (Phi) is 7.34. The highest BCUT2D eigenvalue weighted by molar-refractivity contribution is 6.22. The van der Waals surface area contributed by atoms with Crippen molar-refractivity contribution in [3.63, 3.8) is 0 Å². The second kappa shape index (κ2) is 12.3. The van der Waals surface area contributed by atoms with Gasteiger partial charge in [0.1, 0.15) is 10.8 Å². The molecule has 2 aliphatic heterocycles. The van der Waals surface area contributed by atoms with Crippen molar-refractivity contribution in [3.8, 4) is 44.5 Å².